The molecule has 6 aromatic carbocycles. The summed E-state index contributed by atoms with van der Waals surface area (Å²) in [6, 6.07) is 52.7. The van der Waals surface area contributed by atoms with E-state index in [1.165, 1.54) is 31.3 Å². The molecule has 3 nitrogen and oxygen atoms in total. The fourth-order valence-corrected chi connectivity index (χ4v) is 6.77. The SMILES string of the molecule is c1ccc(-c2ccc(-c3nc(-c4ccc(-c5ccccc5)cc4)nc(-c4cccc5c4sc4ccccc45)n3)cc2)cc1. The maximum absolute atomic E-state index is 5.07. The van der Waals surface area contributed by atoms with Gasteiger partial charge in [-0.3, -0.25) is 0 Å². The molecule has 0 bridgehead atoms. The summed E-state index contributed by atoms with van der Waals surface area (Å²) in [5, 5.41) is 2.48. The van der Waals surface area contributed by atoms with Gasteiger partial charge in [0.25, 0.3) is 0 Å². The highest BCUT2D eigenvalue weighted by molar-refractivity contribution is 7.26. The molecule has 8 rings (SSSR count). The van der Waals surface area contributed by atoms with Crippen molar-refractivity contribution < 1.29 is 0 Å². The number of aromatic nitrogens is 3. The standard InChI is InChI=1S/C39H25N3S/c1-3-10-26(11-4-1)28-18-22-30(23-19-28)37-40-38(31-24-20-29(21-25-31)27-12-5-2-6-13-27)42-39(41-37)34-16-9-15-33-32-14-7-8-17-35(32)43-36(33)34/h1-25H. The Morgan fingerprint density at radius 2 is 0.767 bits per heavy atom. The molecule has 0 saturated carbocycles. The van der Waals surface area contributed by atoms with Gasteiger partial charge < -0.3 is 0 Å². The molecule has 2 aromatic heterocycles. The van der Waals surface area contributed by atoms with Crippen molar-refractivity contribution in [3.05, 3.63) is 152 Å². The van der Waals surface area contributed by atoms with Crippen molar-refractivity contribution >= 4 is 31.5 Å². The van der Waals surface area contributed by atoms with Crippen LogP contribution in [0.15, 0.2) is 152 Å². The van der Waals surface area contributed by atoms with Crippen LogP contribution >= 0.6 is 11.3 Å². The van der Waals surface area contributed by atoms with Gasteiger partial charge in [-0.2, -0.15) is 0 Å². The Kier molecular flexibility index (Phi) is 6.32. The number of rotatable bonds is 5. The molecule has 0 fully saturated rings. The van der Waals surface area contributed by atoms with Crippen LogP contribution in [0.4, 0.5) is 0 Å². The van der Waals surface area contributed by atoms with E-state index in [-0.39, 0.29) is 0 Å². The minimum absolute atomic E-state index is 0.657. The van der Waals surface area contributed by atoms with Crippen LogP contribution in [0.1, 0.15) is 0 Å². The lowest BCUT2D eigenvalue weighted by molar-refractivity contribution is 1.08. The van der Waals surface area contributed by atoms with E-state index >= 15 is 0 Å². The van der Waals surface area contributed by atoms with Crippen molar-refractivity contribution in [2.75, 3.05) is 0 Å². The van der Waals surface area contributed by atoms with Crippen LogP contribution in [0.25, 0.3) is 76.6 Å². The zero-order chi connectivity index (χ0) is 28.6. The summed E-state index contributed by atoms with van der Waals surface area (Å²) in [5.41, 5.74) is 7.60. The Hall–Kier alpha value is -5.45. The van der Waals surface area contributed by atoms with Crippen LogP contribution in [0.2, 0.25) is 0 Å². The second-order valence-corrected chi connectivity index (χ2v) is 11.5. The summed E-state index contributed by atoms with van der Waals surface area (Å²) >= 11 is 1.79. The maximum atomic E-state index is 5.07. The van der Waals surface area contributed by atoms with Gasteiger partial charge in [-0.15, -0.1) is 11.3 Å². The lowest BCUT2D eigenvalue weighted by atomic mass is 10.0. The van der Waals surface area contributed by atoms with E-state index < -0.39 is 0 Å². The van der Waals surface area contributed by atoms with Crippen molar-refractivity contribution in [3.8, 4) is 56.4 Å². The van der Waals surface area contributed by atoms with Crippen LogP contribution in [0.5, 0.6) is 0 Å². The highest BCUT2D eigenvalue weighted by Crippen LogP contribution is 2.39. The molecule has 0 aliphatic rings. The molecule has 0 atom stereocenters. The fourth-order valence-electron chi connectivity index (χ4n) is 5.56. The molecular formula is C39H25N3S. The van der Waals surface area contributed by atoms with Gasteiger partial charge in [-0.05, 0) is 34.4 Å². The highest BCUT2D eigenvalue weighted by Gasteiger charge is 2.16. The average Bonchev–Trinajstić information content (AvgIpc) is 3.48. The normalized spacial score (nSPS) is 11.3. The topological polar surface area (TPSA) is 38.7 Å². The minimum atomic E-state index is 0.657. The van der Waals surface area contributed by atoms with E-state index in [1.807, 2.05) is 12.1 Å². The maximum Gasteiger partial charge on any atom is 0.165 e. The lowest BCUT2D eigenvalue weighted by Gasteiger charge is -2.10. The first-order valence-corrected chi connectivity index (χ1v) is 15.1. The Labute approximate surface area is 253 Å². The summed E-state index contributed by atoms with van der Waals surface area (Å²) in [4.78, 5) is 15.2. The van der Waals surface area contributed by atoms with Crippen LogP contribution in [-0.2, 0) is 0 Å². The number of hydrogen-bond donors (Lipinski definition) is 0. The second kappa shape index (κ2) is 10.8. The van der Waals surface area contributed by atoms with Crippen molar-refractivity contribution in [2.24, 2.45) is 0 Å². The third-order valence-electron chi connectivity index (χ3n) is 7.78. The first-order valence-electron chi connectivity index (χ1n) is 14.3. The van der Waals surface area contributed by atoms with Gasteiger partial charge in [0.2, 0.25) is 0 Å². The summed E-state index contributed by atoms with van der Waals surface area (Å²) in [6.45, 7) is 0. The van der Waals surface area contributed by atoms with Crippen molar-refractivity contribution in [2.45, 2.75) is 0 Å². The largest absolute Gasteiger partial charge is 0.208 e. The Morgan fingerprint density at radius 1 is 0.326 bits per heavy atom. The van der Waals surface area contributed by atoms with E-state index in [0.29, 0.717) is 17.5 Å². The molecule has 0 saturated heterocycles. The summed E-state index contributed by atoms with van der Waals surface area (Å²) in [5.74, 6) is 1.99. The second-order valence-electron chi connectivity index (χ2n) is 10.5. The van der Waals surface area contributed by atoms with Crippen LogP contribution in [0, 0.1) is 0 Å². The molecule has 202 valence electrons. The predicted molar refractivity (Wildman–Crippen MR) is 180 cm³/mol. The molecule has 0 unspecified atom stereocenters. The zero-order valence-electron chi connectivity index (χ0n) is 23.2. The number of nitrogens with zero attached hydrogens (tertiary/aromatic N) is 3. The van der Waals surface area contributed by atoms with Crippen molar-refractivity contribution in [1.29, 1.82) is 0 Å². The van der Waals surface area contributed by atoms with Crippen LogP contribution < -0.4 is 0 Å². The van der Waals surface area contributed by atoms with Gasteiger partial charge in [0.05, 0.1) is 0 Å². The number of thiophene rings is 1. The van der Waals surface area contributed by atoms with Crippen molar-refractivity contribution in [3.63, 3.8) is 0 Å². The Bertz CT molecular complexity index is 2100. The van der Waals surface area contributed by atoms with Gasteiger partial charge in [0, 0.05) is 36.9 Å². The summed E-state index contributed by atoms with van der Waals surface area (Å²) in [6.07, 6.45) is 0. The Balaban J connectivity index is 1.28. The number of hydrogen-bond acceptors (Lipinski definition) is 4. The number of benzene rings is 6. The molecule has 2 heterocycles. The molecular weight excluding hydrogens is 543 g/mol. The van der Waals surface area contributed by atoms with E-state index in [9.17, 15) is 0 Å². The van der Waals surface area contributed by atoms with E-state index in [4.69, 9.17) is 15.0 Å². The van der Waals surface area contributed by atoms with Gasteiger partial charge in [0.15, 0.2) is 17.5 Å². The quantitative estimate of drug-likeness (QED) is 0.208. The molecule has 0 aliphatic heterocycles. The first kappa shape index (κ1) is 25.3. The molecule has 0 N–H and O–H groups in total. The van der Waals surface area contributed by atoms with Crippen molar-refractivity contribution in [1.82, 2.24) is 15.0 Å². The van der Waals surface area contributed by atoms with Gasteiger partial charge >= 0.3 is 0 Å². The molecule has 0 radical (unpaired) electrons. The van der Waals surface area contributed by atoms with Gasteiger partial charge in [0.1, 0.15) is 0 Å². The monoisotopic (exact) mass is 567 g/mol. The summed E-state index contributed by atoms with van der Waals surface area (Å²) < 4.78 is 2.44. The zero-order valence-corrected chi connectivity index (χ0v) is 24.0. The highest BCUT2D eigenvalue weighted by atomic mass is 32.1. The predicted octanol–water partition coefficient (Wildman–Crippen LogP) is 10.6. The van der Waals surface area contributed by atoms with E-state index in [0.717, 1.165) is 27.8 Å². The smallest absolute Gasteiger partial charge is 0.165 e. The third kappa shape index (κ3) is 4.78. The first-order chi connectivity index (χ1) is 21.3. The average molecular weight is 568 g/mol. The lowest BCUT2D eigenvalue weighted by Crippen LogP contribution is -2.00. The molecule has 8 aromatic rings. The molecule has 0 amide bonds. The molecule has 4 heteroatoms. The van der Waals surface area contributed by atoms with E-state index in [1.54, 1.807) is 11.3 Å². The van der Waals surface area contributed by atoms with Gasteiger partial charge in [-0.25, -0.2) is 15.0 Å². The van der Waals surface area contributed by atoms with Crippen LogP contribution in [-0.4, -0.2) is 15.0 Å². The Morgan fingerprint density at radius 3 is 1.35 bits per heavy atom. The van der Waals surface area contributed by atoms with Gasteiger partial charge in [-0.1, -0.05) is 140 Å². The fraction of sp³-hybridized carbons (Fsp3) is 0. The number of fused-ring (bicyclic) bond motifs is 3. The minimum Gasteiger partial charge on any atom is -0.208 e. The molecule has 0 spiro atoms. The third-order valence-corrected chi connectivity index (χ3v) is 9.00. The van der Waals surface area contributed by atoms with Crippen LogP contribution in [0.3, 0.4) is 0 Å². The molecule has 0 aliphatic carbocycles. The molecule has 43 heavy (non-hydrogen) atoms. The van der Waals surface area contributed by atoms with E-state index in [2.05, 4.69) is 140 Å². The summed E-state index contributed by atoms with van der Waals surface area (Å²) in [7, 11) is 0.